The molecule has 6 nitrogen and oxygen atoms in total. The van der Waals surface area contributed by atoms with Crippen molar-refractivity contribution in [3.63, 3.8) is 0 Å². The van der Waals surface area contributed by atoms with E-state index in [1.54, 1.807) is 52.1 Å². The largest absolute Gasteiger partial charge is 0.497 e. The third-order valence-electron chi connectivity index (χ3n) is 6.89. The van der Waals surface area contributed by atoms with Crippen molar-refractivity contribution < 1.29 is 24.2 Å². The Morgan fingerprint density at radius 3 is 1.94 bits per heavy atom. The van der Waals surface area contributed by atoms with E-state index < -0.39 is 23.6 Å². The monoisotopic (exact) mass is 473 g/mol. The van der Waals surface area contributed by atoms with Crippen molar-refractivity contribution in [1.29, 1.82) is 0 Å². The molecule has 0 radical (unpaired) electrons. The minimum absolute atomic E-state index is 0.109. The average molecular weight is 474 g/mol. The van der Waals surface area contributed by atoms with Gasteiger partial charge in [-0.25, -0.2) is 9.59 Å². The molecule has 3 aromatic rings. The van der Waals surface area contributed by atoms with Gasteiger partial charge >= 0.3 is 12.1 Å². The van der Waals surface area contributed by atoms with Gasteiger partial charge in [0.25, 0.3) is 0 Å². The average Bonchev–Trinajstić information content (AvgIpc) is 3.19. The van der Waals surface area contributed by atoms with Crippen molar-refractivity contribution in [1.82, 2.24) is 4.90 Å². The zero-order chi connectivity index (χ0) is 25.2. The highest BCUT2D eigenvalue weighted by Gasteiger charge is 2.49. The molecular formula is C29H31NO5. The topological polar surface area (TPSA) is 76.1 Å². The lowest BCUT2D eigenvalue weighted by molar-refractivity contribution is -0.153. The highest BCUT2D eigenvalue weighted by Crippen LogP contribution is 2.45. The summed E-state index contributed by atoms with van der Waals surface area (Å²) in [6.45, 7) is 5.50. The first-order valence-electron chi connectivity index (χ1n) is 11.9. The summed E-state index contributed by atoms with van der Waals surface area (Å²) in [7, 11) is 1.55. The number of carbonyl (C=O) groups excluding carboxylic acids is 1. The number of fused-ring (bicyclic) bond motifs is 3. The first kappa shape index (κ1) is 24.3. The van der Waals surface area contributed by atoms with Crippen LogP contribution in [0.1, 0.15) is 49.8 Å². The minimum Gasteiger partial charge on any atom is -0.497 e. The Labute approximate surface area is 206 Å². The van der Waals surface area contributed by atoms with Crippen molar-refractivity contribution in [3.05, 3.63) is 89.5 Å². The van der Waals surface area contributed by atoms with Crippen LogP contribution in [0, 0.1) is 0 Å². The molecule has 3 aromatic carbocycles. The molecule has 1 N–H and O–H groups in total. The molecule has 35 heavy (non-hydrogen) atoms. The first-order chi connectivity index (χ1) is 16.8. The summed E-state index contributed by atoms with van der Waals surface area (Å²) in [5, 5.41) is 10.4. The van der Waals surface area contributed by atoms with E-state index in [0.29, 0.717) is 11.3 Å². The van der Waals surface area contributed by atoms with Gasteiger partial charge in [0.2, 0.25) is 0 Å². The normalized spacial score (nSPS) is 14.1. The molecule has 0 saturated carbocycles. The summed E-state index contributed by atoms with van der Waals surface area (Å²) in [5.74, 6) is -0.601. The molecule has 0 spiro atoms. The molecule has 0 aromatic heterocycles. The van der Waals surface area contributed by atoms with Crippen LogP contribution in [0.2, 0.25) is 0 Å². The predicted octanol–water partition coefficient (Wildman–Crippen LogP) is 6.04. The van der Waals surface area contributed by atoms with E-state index in [9.17, 15) is 14.7 Å². The Morgan fingerprint density at radius 2 is 1.49 bits per heavy atom. The van der Waals surface area contributed by atoms with Crippen LogP contribution in [0.5, 0.6) is 5.75 Å². The molecule has 0 heterocycles. The Bertz CT molecular complexity index is 1170. The van der Waals surface area contributed by atoms with Gasteiger partial charge in [0.15, 0.2) is 5.54 Å². The van der Waals surface area contributed by atoms with Crippen LogP contribution in [0.25, 0.3) is 11.1 Å². The summed E-state index contributed by atoms with van der Waals surface area (Å²) in [4.78, 5) is 27.7. The molecule has 0 fully saturated rings. The van der Waals surface area contributed by atoms with Gasteiger partial charge in [-0.15, -0.1) is 0 Å². The Hall–Kier alpha value is -3.80. The van der Waals surface area contributed by atoms with E-state index in [2.05, 4.69) is 24.3 Å². The number of benzene rings is 3. The molecule has 1 aliphatic carbocycles. The van der Waals surface area contributed by atoms with Gasteiger partial charge in [-0.3, -0.25) is 4.90 Å². The van der Waals surface area contributed by atoms with Crippen LogP contribution >= 0.6 is 0 Å². The summed E-state index contributed by atoms with van der Waals surface area (Å²) in [6.07, 6.45) is -0.473. The highest BCUT2D eigenvalue weighted by molar-refractivity contribution is 5.86. The lowest BCUT2D eigenvalue weighted by Crippen LogP contribution is -2.57. The number of hydrogen-bond donors (Lipinski definition) is 1. The standard InChI is InChI=1S/C29H31NO5/c1-5-29(27(31)32,20-14-16-21(34-4)17-15-20)30(19(2)3)28(33)35-18-26-24-12-8-6-10-22(24)23-11-7-9-13-25(23)26/h6-17,19,26H,5,18H2,1-4H3,(H,31,32). The van der Waals surface area contributed by atoms with Crippen molar-refractivity contribution in [2.24, 2.45) is 0 Å². The van der Waals surface area contributed by atoms with Crippen molar-refractivity contribution in [2.75, 3.05) is 13.7 Å². The summed E-state index contributed by atoms with van der Waals surface area (Å²) in [6, 6.07) is 22.6. The zero-order valence-corrected chi connectivity index (χ0v) is 20.5. The van der Waals surface area contributed by atoms with Crippen LogP contribution in [0.15, 0.2) is 72.8 Å². The molecule has 6 heteroatoms. The molecule has 1 aliphatic rings. The molecule has 0 aliphatic heterocycles. The number of carbonyl (C=O) groups is 2. The Balaban J connectivity index is 1.66. The lowest BCUT2D eigenvalue weighted by atomic mass is 9.84. The van der Waals surface area contributed by atoms with Gasteiger partial charge in [-0.2, -0.15) is 0 Å². The minimum atomic E-state index is -1.58. The molecular weight excluding hydrogens is 442 g/mol. The molecule has 1 unspecified atom stereocenters. The van der Waals surface area contributed by atoms with Gasteiger partial charge in [-0.05, 0) is 60.2 Å². The Morgan fingerprint density at radius 1 is 0.943 bits per heavy atom. The van der Waals surface area contributed by atoms with Crippen molar-refractivity contribution in [2.45, 2.75) is 44.7 Å². The summed E-state index contributed by atoms with van der Waals surface area (Å²) in [5.41, 5.74) is 3.40. The second kappa shape index (κ2) is 9.82. The van der Waals surface area contributed by atoms with Gasteiger partial charge in [-0.1, -0.05) is 67.6 Å². The maximum absolute atomic E-state index is 13.6. The lowest BCUT2D eigenvalue weighted by Gasteiger charge is -2.42. The maximum Gasteiger partial charge on any atom is 0.411 e. The van der Waals surface area contributed by atoms with E-state index in [-0.39, 0.29) is 18.9 Å². The van der Waals surface area contributed by atoms with Gasteiger partial charge in [0, 0.05) is 12.0 Å². The number of aliphatic carboxylic acids is 1. The van der Waals surface area contributed by atoms with E-state index in [1.165, 1.54) is 4.90 Å². The van der Waals surface area contributed by atoms with Crippen LogP contribution in [0.4, 0.5) is 4.79 Å². The van der Waals surface area contributed by atoms with E-state index in [4.69, 9.17) is 9.47 Å². The van der Waals surface area contributed by atoms with Crippen LogP contribution < -0.4 is 4.74 Å². The third-order valence-corrected chi connectivity index (χ3v) is 6.89. The van der Waals surface area contributed by atoms with Crippen LogP contribution in [-0.2, 0) is 15.1 Å². The third kappa shape index (κ3) is 4.14. The number of amides is 1. The smallest absolute Gasteiger partial charge is 0.411 e. The number of ether oxygens (including phenoxy) is 2. The number of methoxy groups -OCH3 is 1. The van der Waals surface area contributed by atoms with Crippen LogP contribution in [-0.4, -0.2) is 41.8 Å². The fourth-order valence-electron chi connectivity index (χ4n) is 5.23. The van der Waals surface area contributed by atoms with Gasteiger partial charge < -0.3 is 14.6 Å². The van der Waals surface area contributed by atoms with Gasteiger partial charge in [0.05, 0.1) is 7.11 Å². The van der Waals surface area contributed by atoms with Crippen molar-refractivity contribution in [3.8, 4) is 16.9 Å². The predicted molar refractivity (Wildman–Crippen MR) is 135 cm³/mol. The SMILES string of the molecule is CCC(C(=O)O)(c1ccc(OC)cc1)N(C(=O)OCC1c2ccccc2-c2ccccc21)C(C)C. The van der Waals surface area contributed by atoms with E-state index in [1.807, 2.05) is 24.3 Å². The zero-order valence-electron chi connectivity index (χ0n) is 20.5. The number of carboxylic acid groups (broad SMARTS) is 1. The molecule has 4 rings (SSSR count). The van der Waals surface area contributed by atoms with Crippen molar-refractivity contribution >= 4 is 12.1 Å². The van der Waals surface area contributed by atoms with Crippen LogP contribution in [0.3, 0.4) is 0 Å². The second-order valence-electron chi connectivity index (χ2n) is 9.02. The van der Waals surface area contributed by atoms with Gasteiger partial charge in [0.1, 0.15) is 12.4 Å². The quantitative estimate of drug-likeness (QED) is 0.431. The summed E-state index contributed by atoms with van der Waals surface area (Å²) >= 11 is 0. The molecule has 1 amide bonds. The first-order valence-corrected chi connectivity index (χ1v) is 11.9. The maximum atomic E-state index is 13.6. The number of rotatable bonds is 8. The summed E-state index contributed by atoms with van der Waals surface area (Å²) < 4.78 is 11.1. The molecule has 182 valence electrons. The fourth-order valence-corrected chi connectivity index (χ4v) is 5.23. The molecule has 0 bridgehead atoms. The number of carboxylic acids is 1. The van der Waals surface area contributed by atoms with E-state index in [0.717, 1.165) is 22.3 Å². The molecule has 0 saturated heterocycles. The number of nitrogens with zero attached hydrogens (tertiary/aromatic N) is 1. The highest BCUT2D eigenvalue weighted by atomic mass is 16.6. The van der Waals surface area contributed by atoms with E-state index >= 15 is 0 Å². The molecule has 1 atom stereocenters. The number of hydrogen-bond acceptors (Lipinski definition) is 4. The second-order valence-corrected chi connectivity index (χ2v) is 9.02. The fraction of sp³-hybridized carbons (Fsp3) is 0.310. The Kier molecular flexibility index (Phi) is 6.83.